The van der Waals surface area contributed by atoms with Crippen molar-refractivity contribution in [1.82, 2.24) is 5.48 Å². The topological polar surface area (TPSA) is 119 Å². The third-order valence-corrected chi connectivity index (χ3v) is 12.1. The zero-order chi connectivity index (χ0) is 36.6. The molecule has 9 nitrogen and oxygen atoms in total. The van der Waals surface area contributed by atoms with Gasteiger partial charge in [-0.1, -0.05) is 81.4 Å². The highest BCUT2D eigenvalue weighted by Crippen LogP contribution is 2.51. The largest absolute Gasteiger partial charge is 0.748 e. The summed E-state index contributed by atoms with van der Waals surface area (Å²) in [4.78, 5) is 2.27. The molecule has 0 bridgehead atoms. The van der Waals surface area contributed by atoms with Crippen molar-refractivity contribution in [1.29, 1.82) is 0 Å². The van der Waals surface area contributed by atoms with Crippen LogP contribution < -0.4 is 10.4 Å². The molecule has 0 aliphatic carbocycles. The van der Waals surface area contributed by atoms with Gasteiger partial charge in [-0.05, 0) is 72.0 Å². The SMILES string of the molecule is CCNOS(=O)(=O)CCC[N+]1=C(C=CC=C2N(CCCCS(=O)(=O)[O-])c3ccc4ccccc4c3C2(C)C)C(C)(C)c2c1ccc1ccccc21. The molecule has 0 unspecified atom stereocenters. The van der Waals surface area contributed by atoms with Crippen molar-refractivity contribution in [2.75, 3.05) is 36.0 Å². The fourth-order valence-corrected chi connectivity index (χ4v) is 9.34. The normalized spacial score (nSPS) is 17.7. The number of allylic oxidation sites excluding steroid dienone is 4. The van der Waals surface area contributed by atoms with E-state index in [-0.39, 0.29) is 23.3 Å². The molecule has 0 radical (unpaired) electrons. The molecule has 6 rings (SSSR count). The van der Waals surface area contributed by atoms with Crippen LogP contribution >= 0.6 is 0 Å². The summed E-state index contributed by atoms with van der Waals surface area (Å²) in [6.07, 6.45) is 7.59. The Morgan fingerprint density at radius 3 is 2.12 bits per heavy atom. The van der Waals surface area contributed by atoms with E-state index in [0.717, 1.165) is 33.6 Å². The number of anilines is 1. The molecule has 4 aromatic carbocycles. The molecular weight excluding hydrogens is 683 g/mol. The van der Waals surface area contributed by atoms with Crippen molar-refractivity contribution < 1.29 is 30.2 Å². The van der Waals surface area contributed by atoms with Gasteiger partial charge in [-0.2, -0.15) is 22.8 Å². The standard InChI is InChI=1S/C40H47N3O6S2/c1-6-41-49-51(47,48)28-14-26-43-34-24-22-30-16-8-10-18-32(30)38(34)40(4,5)36(43)20-13-19-35-39(2,3)37-31-17-9-7-15-29(31)21-23-33(37)42(35)25-11-12-27-50(44,45)46/h7-10,13,15-24,41H,6,11-12,14,25-28H2,1-5H3. The molecule has 270 valence electrons. The van der Waals surface area contributed by atoms with E-state index < -0.39 is 25.7 Å². The van der Waals surface area contributed by atoms with Gasteiger partial charge in [0, 0.05) is 59.8 Å². The highest BCUT2D eigenvalue weighted by atomic mass is 32.2. The van der Waals surface area contributed by atoms with Crippen LogP contribution in [0.25, 0.3) is 21.5 Å². The summed E-state index contributed by atoms with van der Waals surface area (Å²) in [6.45, 7) is 12.1. The van der Waals surface area contributed by atoms with Gasteiger partial charge in [0.25, 0.3) is 10.1 Å². The smallest absolute Gasteiger partial charge is 0.283 e. The molecule has 0 aromatic heterocycles. The minimum atomic E-state index is -4.29. The predicted octanol–water partition coefficient (Wildman–Crippen LogP) is 7.19. The lowest BCUT2D eigenvalue weighted by molar-refractivity contribution is -0.437. The Balaban J connectivity index is 1.40. The van der Waals surface area contributed by atoms with Crippen LogP contribution in [0.4, 0.5) is 11.4 Å². The molecule has 0 saturated heterocycles. The van der Waals surface area contributed by atoms with Crippen molar-refractivity contribution in [3.63, 3.8) is 0 Å². The van der Waals surface area contributed by atoms with Crippen LogP contribution in [0.15, 0.2) is 96.7 Å². The maximum Gasteiger partial charge on any atom is 0.283 e. The molecule has 11 heteroatoms. The Morgan fingerprint density at radius 2 is 1.45 bits per heavy atom. The molecule has 0 saturated carbocycles. The molecule has 0 spiro atoms. The molecule has 4 aromatic rings. The molecular formula is C40H47N3O6S2. The fraction of sp³-hybridized carbons (Fsp3) is 0.375. The monoisotopic (exact) mass is 729 g/mol. The zero-order valence-corrected chi connectivity index (χ0v) is 31.6. The summed E-state index contributed by atoms with van der Waals surface area (Å²) in [5.74, 6) is -0.501. The van der Waals surface area contributed by atoms with Gasteiger partial charge in [-0.3, -0.25) is 0 Å². The molecule has 2 aliphatic rings. The molecule has 0 fully saturated rings. The quantitative estimate of drug-likeness (QED) is 0.0627. The van der Waals surface area contributed by atoms with E-state index in [2.05, 4.69) is 122 Å². The zero-order valence-electron chi connectivity index (χ0n) is 30.0. The first-order valence-electron chi connectivity index (χ1n) is 17.6. The second kappa shape index (κ2) is 14.3. The number of nitrogens with one attached hydrogen (secondary N) is 1. The van der Waals surface area contributed by atoms with E-state index in [4.69, 9.17) is 4.28 Å². The lowest BCUT2D eigenvalue weighted by atomic mass is 9.79. The van der Waals surface area contributed by atoms with E-state index in [0.29, 0.717) is 32.5 Å². The fourth-order valence-electron chi connectivity index (χ4n) is 7.92. The van der Waals surface area contributed by atoms with Crippen LogP contribution in [0.2, 0.25) is 0 Å². The first-order valence-corrected chi connectivity index (χ1v) is 20.7. The Labute approximate surface area is 302 Å². The van der Waals surface area contributed by atoms with Crippen molar-refractivity contribution in [2.24, 2.45) is 0 Å². The van der Waals surface area contributed by atoms with E-state index in [9.17, 15) is 21.4 Å². The Bertz CT molecular complexity index is 2290. The lowest BCUT2D eigenvalue weighted by Crippen LogP contribution is -2.29. The summed E-state index contributed by atoms with van der Waals surface area (Å²) in [5.41, 5.74) is 8.39. The van der Waals surface area contributed by atoms with Crippen molar-refractivity contribution in [2.45, 2.75) is 64.7 Å². The second-order valence-corrected chi connectivity index (χ2v) is 17.6. The number of nitrogens with zero attached hydrogens (tertiary/aromatic N) is 2. The minimum absolute atomic E-state index is 0.121. The third kappa shape index (κ3) is 7.41. The molecule has 51 heavy (non-hydrogen) atoms. The average molecular weight is 730 g/mol. The van der Waals surface area contributed by atoms with Gasteiger partial charge in [0.15, 0.2) is 5.71 Å². The number of benzene rings is 4. The van der Waals surface area contributed by atoms with Gasteiger partial charge in [0.05, 0.1) is 21.3 Å². The second-order valence-electron chi connectivity index (χ2n) is 14.4. The van der Waals surface area contributed by atoms with Crippen molar-refractivity contribution >= 4 is 58.9 Å². The number of hydrogen-bond acceptors (Lipinski definition) is 8. The summed E-state index contributed by atoms with van der Waals surface area (Å²) in [6, 6.07) is 25.2. The average Bonchev–Trinajstić information content (AvgIpc) is 3.44. The van der Waals surface area contributed by atoms with Gasteiger partial charge in [-0.15, -0.1) is 0 Å². The number of fused-ring (bicyclic) bond motifs is 6. The van der Waals surface area contributed by atoms with Crippen LogP contribution in [0.5, 0.6) is 0 Å². The number of hydrogen-bond donors (Lipinski definition) is 1. The molecule has 2 aliphatic heterocycles. The predicted molar refractivity (Wildman–Crippen MR) is 205 cm³/mol. The van der Waals surface area contributed by atoms with Gasteiger partial charge >= 0.3 is 0 Å². The van der Waals surface area contributed by atoms with E-state index in [1.165, 1.54) is 21.9 Å². The molecule has 0 atom stereocenters. The van der Waals surface area contributed by atoms with Crippen LogP contribution in [0.1, 0.15) is 65.0 Å². The molecule has 2 heterocycles. The Hall–Kier alpha value is -3.87. The number of unbranched alkanes of at least 4 members (excludes halogenated alkanes) is 1. The van der Waals surface area contributed by atoms with E-state index in [1.807, 2.05) is 12.1 Å². The number of hydroxylamine groups is 1. The summed E-state index contributed by atoms with van der Waals surface area (Å²) in [5, 5.41) is 4.64. The van der Waals surface area contributed by atoms with Crippen LogP contribution in [0.3, 0.4) is 0 Å². The molecule has 0 amide bonds. The van der Waals surface area contributed by atoms with Gasteiger partial charge in [0.2, 0.25) is 5.69 Å². The minimum Gasteiger partial charge on any atom is -0.748 e. The van der Waals surface area contributed by atoms with Crippen LogP contribution in [-0.2, 0) is 35.4 Å². The summed E-state index contributed by atoms with van der Waals surface area (Å²) < 4.78 is 66.3. The maximum absolute atomic E-state index is 12.5. The maximum atomic E-state index is 12.5. The Kier molecular flexibility index (Phi) is 10.3. The first kappa shape index (κ1) is 36.9. The lowest BCUT2D eigenvalue weighted by Gasteiger charge is -2.27. The van der Waals surface area contributed by atoms with Gasteiger partial charge < -0.3 is 9.45 Å². The highest BCUT2D eigenvalue weighted by Gasteiger charge is 2.46. The number of rotatable bonds is 14. The van der Waals surface area contributed by atoms with Gasteiger partial charge in [0.1, 0.15) is 6.54 Å². The van der Waals surface area contributed by atoms with Crippen molar-refractivity contribution in [3.8, 4) is 0 Å². The van der Waals surface area contributed by atoms with Gasteiger partial charge in [-0.25, -0.2) is 8.42 Å². The van der Waals surface area contributed by atoms with Crippen molar-refractivity contribution in [3.05, 3.63) is 108 Å². The van der Waals surface area contributed by atoms with Crippen LogP contribution in [-0.4, -0.2) is 62.8 Å². The molecule has 1 N–H and O–H groups in total. The Morgan fingerprint density at radius 1 is 0.804 bits per heavy atom. The third-order valence-electron chi connectivity index (χ3n) is 10.1. The highest BCUT2D eigenvalue weighted by molar-refractivity contribution is 7.86. The van der Waals surface area contributed by atoms with E-state index in [1.54, 1.807) is 6.92 Å². The van der Waals surface area contributed by atoms with E-state index >= 15 is 0 Å². The first-order chi connectivity index (χ1) is 24.2. The summed E-state index contributed by atoms with van der Waals surface area (Å²) in [7, 11) is -8.02. The van der Waals surface area contributed by atoms with Crippen LogP contribution in [0, 0.1) is 0 Å². The summed E-state index contributed by atoms with van der Waals surface area (Å²) >= 11 is 0.